The third-order valence-corrected chi connectivity index (χ3v) is 12.4. The minimum Gasteiger partial charge on any atom is -0.393 e. The van der Waals surface area contributed by atoms with Gasteiger partial charge in [0.05, 0.1) is 12.5 Å². The number of carbonyl (C=O) groups is 9. The first-order valence-corrected chi connectivity index (χ1v) is 25.9. The van der Waals surface area contributed by atoms with Crippen LogP contribution >= 0.6 is 0 Å². The van der Waals surface area contributed by atoms with Crippen molar-refractivity contribution in [1.82, 2.24) is 47.9 Å². The Balaban J connectivity index is 2.71. The topological polar surface area (TPSA) is 386 Å². The highest BCUT2D eigenvalue weighted by Gasteiger charge is 2.35. The molecule has 0 radical (unpaired) electrons. The molecule has 1 heterocycles. The highest BCUT2D eigenvalue weighted by atomic mass is 16.3. The van der Waals surface area contributed by atoms with Crippen LogP contribution in [0.2, 0.25) is 0 Å². The molecule has 1 saturated heterocycles. The van der Waals surface area contributed by atoms with Crippen molar-refractivity contribution in [3.05, 3.63) is 35.9 Å². The Bertz CT molecular complexity index is 1930. The van der Waals surface area contributed by atoms with Crippen LogP contribution in [-0.4, -0.2) is 145 Å². The molecule has 18 N–H and O–H groups in total. The first-order valence-electron chi connectivity index (χ1n) is 25.9. The second-order valence-corrected chi connectivity index (χ2v) is 19.8. The third-order valence-electron chi connectivity index (χ3n) is 12.4. The van der Waals surface area contributed by atoms with E-state index in [0.29, 0.717) is 24.3 Å². The average molecular weight is 1030 g/mol. The van der Waals surface area contributed by atoms with Gasteiger partial charge >= 0.3 is 0 Å². The number of benzene rings is 1. The van der Waals surface area contributed by atoms with Gasteiger partial charge in [0.25, 0.3) is 0 Å². The van der Waals surface area contributed by atoms with Gasteiger partial charge in [0.2, 0.25) is 53.2 Å². The van der Waals surface area contributed by atoms with Gasteiger partial charge in [-0.2, -0.15) is 0 Å². The molecule has 23 heteroatoms. The van der Waals surface area contributed by atoms with E-state index < -0.39 is 108 Å². The van der Waals surface area contributed by atoms with Crippen molar-refractivity contribution < 1.29 is 48.3 Å². The number of nitrogens with two attached hydrogens (primary N) is 4. The van der Waals surface area contributed by atoms with E-state index in [9.17, 15) is 48.3 Å². The number of aliphatic hydroxyl groups excluding tert-OH is 1. The Labute approximate surface area is 430 Å². The second kappa shape index (κ2) is 33.9. The molecule has 0 saturated carbocycles. The van der Waals surface area contributed by atoms with Crippen molar-refractivity contribution in [2.24, 2.45) is 40.7 Å². The van der Waals surface area contributed by atoms with Gasteiger partial charge in [0, 0.05) is 13.0 Å². The van der Waals surface area contributed by atoms with Crippen LogP contribution in [0, 0.1) is 17.8 Å². The molecule has 1 aliphatic rings. The van der Waals surface area contributed by atoms with Crippen LogP contribution in [0.5, 0.6) is 0 Å². The third kappa shape index (κ3) is 23.8. The summed E-state index contributed by atoms with van der Waals surface area (Å²) < 4.78 is 0. The lowest BCUT2D eigenvalue weighted by atomic mass is 9.99. The molecular formula is C50H87N13O10. The van der Waals surface area contributed by atoms with Gasteiger partial charge in [-0.1, -0.05) is 78.3 Å². The first-order chi connectivity index (χ1) is 34.7. The maximum atomic E-state index is 14.4. The molecule has 1 aromatic rings. The fourth-order valence-corrected chi connectivity index (χ4v) is 8.10. The lowest BCUT2D eigenvalue weighted by molar-refractivity contribution is -0.136. The Hall–Kier alpha value is -5.75. The smallest absolute Gasteiger partial charge is 0.243 e. The SMILES string of the molecule is CCC(C)CCC(O)CC(=O)N[C@H](CCN)C(=O)NC1CCNC(=O)C(CC(C)C)NC(=O)[C@H](CCN)NC(=O)[C@H](CCN)NC(=O)[C@H](CC(C)C)NC(=O)[C@@H](Cc2ccccc2)NC(=O)C(CCN)NC1=O. The first kappa shape index (κ1) is 63.4. The molecule has 1 aliphatic heterocycles. The molecule has 0 aliphatic carbocycles. The van der Waals surface area contributed by atoms with Crippen LogP contribution in [0.4, 0.5) is 0 Å². The molecule has 5 unspecified atom stereocenters. The van der Waals surface area contributed by atoms with Crippen LogP contribution < -0.4 is 70.8 Å². The number of nitrogens with one attached hydrogen (secondary N) is 9. The molecular weight excluding hydrogens is 943 g/mol. The summed E-state index contributed by atoms with van der Waals surface area (Å²) in [6.45, 7) is 10.9. The predicted octanol–water partition coefficient (Wildman–Crippen LogP) is -2.31. The summed E-state index contributed by atoms with van der Waals surface area (Å²) in [6.07, 6.45) is 0.352. The van der Waals surface area contributed by atoms with Gasteiger partial charge in [-0.15, -0.1) is 0 Å². The zero-order chi connectivity index (χ0) is 54.6. The minimum atomic E-state index is -1.47. The molecule has 9 amide bonds. The van der Waals surface area contributed by atoms with Crippen LogP contribution in [-0.2, 0) is 49.6 Å². The Kier molecular flexibility index (Phi) is 29.4. The lowest BCUT2D eigenvalue weighted by Crippen LogP contribution is -2.61. The summed E-state index contributed by atoms with van der Waals surface area (Å²) in [5.74, 6) is -6.76. The largest absolute Gasteiger partial charge is 0.393 e. The summed E-state index contributed by atoms with van der Waals surface area (Å²) in [6, 6.07) is -1.59. The van der Waals surface area contributed by atoms with Crippen molar-refractivity contribution in [2.75, 3.05) is 32.7 Å². The molecule has 0 aromatic heterocycles. The number of amides is 9. The molecule has 2 rings (SSSR count). The van der Waals surface area contributed by atoms with E-state index in [1.807, 2.05) is 41.5 Å². The number of hydrogen-bond donors (Lipinski definition) is 14. The number of hydrogen-bond acceptors (Lipinski definition) is 14. The monoisotopic (exact) mass is 1030 g/mol. The van der Waals surface area contributed by atoms with Crippen molar-refractivity contribution in [1.29, 1.82) is 0 Å². The molecule has 1 fully saturated rings. The maximum Gasteiger partial charge on any atom is 0.243 e. The van der Waals surface area contributed by atoms with E-state index in [0.717, 1.165) is 6.42 Å². The number of rotatable bonds is 23. The molecule has 412 valence electrons. The van der Waals surface area contributed by atoms with E-state index in [1.54, 1.807) is 30.3 Å². The molecule has 10 atom stereocenters. The fraction of sp³-hybridized carbons (Fsp3) is 0.700. The Morgan fingerprint density at radius 2 is 1.05 bits per heavy atom. The highest BCUT2D eigenvalue weighted by molar-refractivity contribution is 5.98. The van der Waals surface area contributed by atoms with Gasteiger partial charge in [0.15, 0.2) is 0 Å². The molecule has 0 spiro atoms. The van der Waals surface area contributed by atoms with Gasteiger partial charge in [-0.25, -0.2) is 0 Å². The van der Waals surface area contributed by atoms with Crippen LogP contribution in [0.25, 0.3) is 0 Å². The quantitative estimate of drug-likeness (QED) is 0.0548. The van der Waals surface area contributed by atoms with Crippen molar-refractivity contribution >= 4 is 53.2 Å². The van der Waals surface area contributed by atoms with Gasteiger partial charge in [-0.3, -0.25) is 43.2 Å². The van der Waals surface area contributed by atoms with E-state index in [1.165, 1.54) is 0 Å². The van der Waals surface area contributed by atoms with E-state index in [2.05, 4.69) is 47.9 Å². The van der Waals surface area contributed by atoms with Gasteiger partial charge < -0.3 is 75.9 Å². The van der Waals surface area contributed by atoms with Gasteiger partial charge in [0.1, 0.15) is 48.3 Å². The zero-order valence-electron chi connectivity index (χ0n) is 43.8. The summed E-state index contributed by atoms with van der Waals surface area (Å²) in [5, 5.41) is 34.7. The molecule has 1 aromatic carbocycles. The highest BCUT2D eigenvalue weighted by Crippen LogP contribution is 2.14. The normalized spacial score (nSPS) is 23.6. The maximum absolute atomic E-state index is 14.4. The minimum absolute atomic E-state index is 0.0468. The second-order valence-electron chi connectivity index (χ2n) is 19.8. The predicted molar refractivity (Wildman–Crippen MR) is 276 cm³/mol. The van der Waals surface area contributed by atoms with Crippen molar-refractivity contribution in [3.63, 3.8) is 0 Å². The van der Waals surface area contributed by atoms with Crippen molar-refractivity contribution in [2.45, 2.75) is 173 Å². The number of carbonyl (C=O) groups excluding carboxylic acids is 9. The van der Waals surface area contributed by atoms with Gasteiger partial charge in [-0.05, 0) is 107 Å². The van der Waals surface area contributed by atoms with E-state index in [-0.39, 0.29) is 102 Å². The standard InChI is InChI=1S/C50H87N13O10/c1-7-31(6)13-14-33(64)28-42(65)56-34(15-20-51)44(67)60-38-19-24-55-43(66)39(25-29(2)3)61-46(69)36(17-22-53)57-45(68)35(16-21-52)59-49(72)40(26-30(4)5)62-50(73)41(27-32-11-9-8-10-12-32)63-47(70)37(18-23-54)58-48(38)71/h8-12,29-31,33-41,64H,7,13-28,51-54H2,1-6H3,(H,55,66)(H,56,65)(H,57,68)(H,58,71)(H,59,72)(H,60,67)(H,61,69)(H,62,73)(H,63,70)/t31?,33?,34-,35+,36+,37?,38?,39?,40+,41-/m1/s1. The van der Waals surface area contributed by atoms with E-state index in [4.69, 9.17) is 22.9 Å². The van der Waals surface area contributed by atoms with Crippen LogP contribution in [0.15, 0.2) is 30.3 Å². The Morgan fingerprint density at radius 3 is 1.53 bits per heavy atom. The average Bonchev–Trinajstić information content (AvgIpc) is 3.33. The van der Waals surface area contributed by atoms with Crippen LogP contribution in [0.3, 0.4) is 0 Å². The molecule has 73 heavy (non-hydrogen) atoms. The number of aliphatic hydroxyl groups is 1. The molecule has 0 bridgehead atoms. The van der Waals surface area contributed by atoms with Crippen LogP contribution in [0.1, 0.15) is 118 Å². The van der Waals surface area contributed by atoms with E-state index >= 15 is 0 Å². The summed E-state index contributed by atoms with van der Waals surface area (Å²) in [5.41, 5.74) is 24.2. The van der Waals surface area contributed by atoms with Crippen molar-refractivity contribution in [3.8, 4) is 0 Å². The zero-order valence-corrected chi connectivity index (χ0v) is 43.8. The Morgan fingerprint density at radius 1 is 0.603 bits per heavy atom. The fourth-order valence-electron chi connectivity index (χ4n) is 8.10. The summed E-state index contributed by atoms with van der Waals surface area (Å²) in [4.78, 5) is 126. The lowest BCUT2D eigenvalue weighted by Gasteiger charge is -2.28. The summed E-state index contributed by atoms with van der Waals surface area (Å²) >= 11 is 0. The summed E-state index contributed by atoms with van der Waals surface area (Å²) in [7, 11) is 0. The molecule has 23 nitrogen and oxygen atoms in total.